The zero-order valence-corrected chi connectivity index (χ0v) is 25.9. The highest BCUT2D eigenvalue weighted by Gasteiger charge is 2.47. The van der Waals surface area contributed by atoms with Crippen LogP contribution in [-0.4, -0.2) is 48.1 Å². The number of thiazole rings is 1. The number of ether oxygens (including phenoxy) is 3. The second-order valence-corrected chi connectivity index (χ2v) is 11.2. The number of aliphatic hydroxyl groups excluding tert-OH is 1. The van der Waals surface area contributed by atoms with Crippen LogP contribution in [0.2, 0.25) is 0 Å². The third kappa shape index (κ3) is 5.92. The minimum absolute atomic E-state index is 0.0692. The monoisotopic (exact) mass is 618 g/mol. The molecule has 2 aromatic heterocycles. The van der Waals surface area contributed by atoms with E-state index >= 15 is 0 Å². The molecule has 5 rings (SSSR count). The SMILES string of the molecule is CCCCCCOc1ccc(C2C(C(=O)c3cc4cccc(OC)c4o3)=C(O)C(=O)N2c2nc(C)c(C(=O)OCC)s2)cc1. The van der Waals surface area contributed by atoms with Gasteiger partial charge in [-0.3, -0.25) is 14.5 Å². The lowest BCUT2D eigenvalue weighted by molar-refractivity contribution is -0.117. The molecule has 3 heterocycles. The Labute approximate surface area is 258 Å². The molecule has 1 aliphatic rings. The number of Topliss-reactive ketones (excluding diaryl/α,β-unsaturated/α-hetero) is 1. The molecular formula is C33H34N2O8S. The van der Waals surface area contributed by atoms with E-state index in [4.69, 9.17) is 18.6 Å². The molecule has 0 bridgehead atoms. The second kappa shape index (κ2) is 13.3. The number of hydrogen-bond donors (Lipinski definition) is 1. The summed E-state index contributed by atoms with van der Waals surface area (Å²) in [5.74, 6) is -1.78. The second-order valence-electron chi connectivity index (χ2n) is 10.3. The van der Waals surface area contributed by atoms with Crippen LogP contribution in [0, 0.1) is 6.92 Å². The number of furan rings is 1. The number of carbonyl (C=O) groups excluding carboxylic acids is 3. The van der Waals surface area contributed by atoms with Gasteiger partial charge in [0.2, 0.25) is 5.78 Å². The van der Waals surface area contributed by atoms with Crippen molar-refractivity contribution in [1.82, 2.24) is 4.98 Å². The molecule has 0 saturated heterocycles. The lowest BCUT2D eigenvalue weighted by atomic mass is 9.95. The van der Waals surface area contributed by atoms with Crippen LogP contribution in [0.15, 0.2) is 64.3 Å². The summed E-state index contributed by atoms with van der Waals surface area (Å²) in [7, 11) is 1.50. The summed E-state index contributed by atoms with van der Waals surface area (Å²) in [6.07, 6.45) is 4.29. The Balaban J connectivity index is 1.54. The van der Waals surface area contributed by atoms with Gasteiger partial charge in [-0.25, -0.2) is 9.78 Å². The Bertz CT molecular complexity index is 1720. The molecule has 10 nitrogen and oxygen atoms in total. The normalized spacial score (nSPS) is 14.9. The van der Waals surface area contributed by atoms with Gasteiger partial charge in [-0.05, 0) is 50.1 Å². The fourth-order valence-electron chi connectivity index (χ4n) is 5.13. The van der Waals surface area contributed by atoms with Crippen molar-refractivity contribution in [2.24, 2.45) is 0 Å². The molecule has 0 aliphatic carbocycles. The van der Waals surface area contributed by atoms with Crippen LogP contribution in [0.3, 0.4) is 0 Å². The van der Waals surface area contributed by atoms with Gasteiger partial charge >= 0.3 is 5.97 Å². The molecule has 1 aliphatic heterocycles. The standard InChI is InChI=1S/C33H34N2O8S/c1-5-7-8-9-17-42-22-15-13-20(14-16-22)26-25(27(36)24-18-21-11-10-12-23(40-4)29(21)43-24)28(37)31(38)35(26)33-34-19(3)30(44-33)32(39)41-6-2/h10-16,18,26,37H,5-9,17H2,1-4H3. The summed E-state index contributed by atoms with van der Waals surface area (Å²) in [5, 5.41) is 12.0. The lowest BCUT2D eigenvalue weighted by Crippen LogP contribution is -2.31. The third-order valence-corrected chi connectivity index (χ3v) is 8.46. The number of ketones is 1. The number of aromatic nitrogens is 1. The third-order valence-electron chi connectivity index (χ3n) is 7.32. The number of hydrogen-bond acceptors (Lipinski definition) is 10. The Morgan fingerprint density at radius 2 is 1.86 bits per heavy atom. The summed E-state index contributed by atoms with van der Waals surface area (Å²) in [6, 6.07) is 12.7. The minimum atomic E-state index is -1.07. The molecule has 1 amide bonds. The van der Waals surface area contributed by atoms with E-state index in [0.717, 1.165) is 37.0 Å². The number of methoxy groups -OCH3 is 1. The van der Waals surface area contributed by atoms with Crippen molar-refractivity contribution >= 4 is 45.1 Å². The van der Waals surface area contributed by atoms with Crippen molar-refractivity contribution in [1.29, 1.82) is 0 Å². The number of nitrogens with zero attached hydrogens (tertiary/aromatic N) is 2. The maximum atomic E-state index is 14.0. The molecule has 11 heteroatoms. The Hall–Kier alpha value is -4.64. The van der Waals surface area contributed by atoms with Gasteiger partial charge in [0.1, 0.15) is 10.6 Å². The molecule has 0 fully saturated rings. The molecule has 1 N–H and O–H groups in total. The average Bonchev–Trinajstić information content (AvgIpc) is 3.71. The van der Waals surface area contributed by atoms with E-state index in [9.17, 15) is 19.5 Å². The van der Waals surface area contributed by atoms with Gasteiger partial charge in [-0.1, -0.05) is 61.8 Å². The Morgan fingerprint density at radius 3 is 2.57 bits per heavy atom. The van der Waals surface area contributed by atoms with Crippen LogP contribution in [0.25, 0.3) is 11.0 Å². The first-order valence-electron chi connectivity index (χ1n) is 14.5. The Kier molecular flexibility index (Phi) is 9.34. The first-order chi connectivity index (χ1) is 21.3. The number of unbranched alkanes of at least 4 members (excludes halogenated alkanes) is 3. The number of aliphatic hydroxyl groups is 1. The number of esters is 1. The van der Waals surface area contributed by atoms with Crippen molar-refractivity contribution in [3.05, 3.63) is 81.8 Å². The van der Waals surface area contributed by atoms with Crippen molar-refractivity contribution in [3.63, 3.8) is 0 Å². The summed E-state index contributed by atoms with van der Waals surface area (Å²) < 4.78 is 22.3. The van der Waals surface area contributed by atoms with Gasteiger partial charge in [0.15, 0.2) is 28.0 Å². The highest BCUT2D eigenvalue weighted by Crippen LogP contribution is 2.44. The first-order valence-corrected chi connectivity index (χ1v) is 15.4. The van der Waals surface area contributed by atoms with Gasteiger partial charge in [0.25, 0.3) is 5.91 Å². The lowest BCUT2D eigenvalue weighted by Gasteiger charge is -2.24. The topological polar surface area (TPSA) is 128 Å². The van der Waals surface area contributed by atoms with E-state index in [1.54, 1.807) is 62.4 Å². The van der Waals surface area contributed by atoms with E-state index in [0.29, 0.717) is 40.3 Å². The fraction of sp³-hybridized carbons (Fsp3) is 0.333. The van der Waals surface area contributed by atoms with Gasteiger partial charge in [-0.15, -0.1) is 0 Å². The van der Waals surface area contributed by atoms with Crippen LogP contribution in [-0.2, 0) is 9.53 Å². The fourth-order valence-corrected chi connectivity index (χ4v) is 6.12. The molecule has 44 heavy (non-hydrogen) atoms. The van der Waals surface area contributed by atoms with Crippen molar-refractivity contribution in [3.8, 4) is 11.5 Å². The van der Waals surface area contributed by atoms with Crippen LogP contribution in [0.5, 0.6) is 11.5 Å². The van der Waals surface area contributed by atoms with Gasteiger partial charge in [0, 0.05) is 5.39 Å². The predicted octanol–water partition coefficient (Wildman–Crippen LogP) is 7.13. The summed E-state index contributed by atoms with van der Waals surface area (Å²) in [6.45, 7) is 6.23. The summed E-state index contributed by atoms with van der Waals surface area (Å²) in [5.41, 5.74) is 1.09. The number of benzene rings is 2. The number of rotatable bonds is 13. The molecule has 4 aromatic rings. The van der Waals surface area contributed by atoms with Crippen molar-refractivity contribution < 1.29 is 38.1 Å². The van der Waals surface area contributed by atoms with Crippen molar-refractivity contribution in [2.75, 3.05) is 25.2 Å². The zero-order chi connectivity index (χ0) is 31.4. The Morgan fingerprint density at radius 1 is 1.09 bits per heavy atom. The van der Waals surface area contributed by atoms with Crippen LogP contribution in [0.1, 0.15) is 77.1 Å². The van der Waals surface area contributed by atoms with Gasteiger partial charge in [0.05, 0.1) is 37.6 Å². The number of para-hydroxylation sites is 1. The zero-order valence-electron chi connectivity index (χ0n) is 25.0. The van der Waals surface area contributed by atoms with Gasteiger partial charge in [-0.2, -0.15) is 0 Å². The van der Waals surface area contributed by atoms with Crippen LogP contribution >= 0.6 is 11.3 Å². The summed E-state index contributed by atoms with van der Waals surface area (Å²) >= 11 is 0.954. The number of fused-ring (bicyclic) bond motifs is 1. The molecule has 1 unspecified atom stereocenters. The van der Waals surface area contributed by atoms with E-state index in [1.165, 1.54) is 12.0 Å². The molecule has 0 radical (unpaired) electrons. The number of anilines is 1. The number of carbonyl (C=O) groups is 3. The number of amides is 1. The molecule has 2 aromatic carbocycles. The summed E-state index contributed by atoms with van der Waals surface area (Å²) in [4.78, 5) is 46.2. The first kappa shape index (κ1) is 30.8. The van der Waals surface area contributed by atoms with Gasteiger partial charge < -0.3 is 23.7 Å². The maximum Gasteiger partial charge on any atom is 0.350 e. The van der Waals surface area contributed by atoms with Crippen molar-refractivity contribution in [2.45, 2.75) is 52.5 Å². The smallest absolute Gasteiger partial charge is 0.350 e. The molecule has 1 atom stereocenters. The van der Waals surface area contributed by atoms with E-state index in [1.807, 2.05) is 0 Å². The van der Waals surface area contributed by atoms with E-state index in [2.05, 4.69) is 11.9 Å². The number of aryl methyl sites for hydroxylation is 1. The highest BCUT2D eigenvalue weighted by molar-refractivity contribution is 7.17. The maximum absolute atomic E-state index is 14.0. The largest absolute Gasteiger partial charge is 0.503 e. The average molecular weight is 619 g/mol. The van der Waals surface area contributed by atoms with Crippen LogP contribution in [0.4, 0.5) is 5.13 Å². The quantitative estimate of drug-likeness (QED) is 0.0945. The molecular weight excluding hydrogens is 584 g/mol. The molecule has 0 saturated carbocycles. The minimum Gasteiger partial charge on any atom is -0.503 e. The van der Waals surface area contributed by atoms with E-state index in [-0.39, 0.29) is 27.9 Å². The van der Waals surface area contributed by atoms with E-state index < -0.39 is 29.5 Å². The molecule has 0 spiro atoms. The van der Waals surface area contributed by atoms with Crippen LogP contribution < -0.4 is 14.4 Å². The predicted molar refractivity (Wildman–Crippen MR) is 166 cm³/mol. The molecule has 230 valence electrons. The highest BCUT2D eigenvalue weighted by atomic mass is 32.1.